The average Bonchev–Trinajstić information content (AvgIpc) is 2.63. The van der Waals surface area contributed by atoms with Gasteiger partial charge in [0.05, 0.1) is 12.6 Å². The second-order valence-electron chi connectivity index (χ2n) is 4.23. The summed E-state index contributed by atoms with van der Waals surface area (Å²) in [5.41, 5.74) is 0. The highest BCUT2D eigenvalue weighted by Crippen LogP contribution is 2.04. The number of aromatic amines is 1. The maximum Gasteiger partial charge on any atom is 0.291 e. The van der Waals surface area contributed by atoms with Crippen LogP contribution in [0, 0.1) is 12.8 Å². The first-order valence-corrected chi connectivity index (χ1v) is 5.33. The zero-order valence-electron chi connectivity index (χ0n) is 9.82. The van der Waals surface area contributed by atoms with Gasteiger partial charge in [0.1, 0.15) is 5.82 Å². The molecular weight excluding hydrogens is 208 g/mol. The quantitative estimate of drug-likeness (QED) is 0.671. The minimum Gasteiger partial charge on any atom is -0.394 e. The summed E-state index contributed by atoms with van der Waals surface area (Å²) >= 11 is 0. The Morgan fingerprint density at radius 3 is 2.69 bits per heavy atom. The Balaban J connectivity index is 2.55. The van der Waals surface area contributed by atoms with Crippen molar-refractivity contribution in [3.8, 4) is 0 Å². The van der Waals surface area contributed by atoms with Crippen LogP contribution in [0.1, 0.15) is 36.7 Å². The lowest BCUT2D eigenvalue weighted by atomic mass is 10.0. The van der Waals surface area contributed by atoms with Crippen LogP contribution in [-0.2, 0) is 0 Å². The number of aryl methyl sites for hydroxylation is 1. The normalized spacial score (nSPS) is 12.8. The molecule has 1 aromatic rings. The highest BCUT2D eigenvalue weighted by molar-refractivity contribution is 5.90. The molecule has 1 atom stereocenters. The molecule has 0 bridgehead atoms. The first kappa shape index (κ1) is 12.6. The van der Waals surface area contributed by atoms with E-state index in [1.165, 1.54) is 0 Å². The molecule has 6 heteroatoms. The molecule has 0 aliphatic rings. The number of nitrogens with one attached hydrogen (secondary N) is 2. The molecule has 1 amide bonds. The number of carbonyl (C=O) groups excluding carboxylic acids is 1. The molecule has 0 aliphatic heterocycles. The first-order valence-electron chi connectivity index (χ1n) is 5.33. The molecule has 6 nitrogen and oxygen atoms in total. The molecule has 3 N–H and O–H groups in total. The van der Waals surface area contributed by atoms with Gasteiger partial charge in [-0.1, -0.05) is 13.8 Å². The number of nitrogens with zero attached hydrogens (tertiary/aromatic N) is 2. The summed E-state index contributed by atoms with van der Waals surface area (Å²) in [6.07, 6.45) is 0.728. The molecule has 1 heterocycles. The van der Waals surface area contributed by atoms with Gasteiger partial charge in [-0.25, -0.2) is 4.98 Å². The van der Waals surface area contributed by atoms with Crippen molar-refractivity contribution in [2.75, 3.05) is 6.61 Å². The second kappa shape index (κ2) is 5.60. The van der Waals surface area contributed by atoms with Crippen LogP contribution in [0.5, 0.6) is 0 Å². The van der Waals surface area contributed by atoms with Crippen LogP contribution in [0.15, 0.2) is 0 Å². The third-order valence-electron chi connectivity index (χ3n) is 2.11. The van der Waals surface area contributed by atoms with Gasteiger partial charge in [0.15, 0.2) is 0 Å². The van der Waals surface area contributed by atoms with Gasteiger partial charge in [0, 0.05) is 0 Å². The number of aromatic nitrogens is 3. The Bertz CT molecular complexity index is 348. The number of hydrogen-bond acceptors (Lipinski definition) is 4. The smallest absolute Gasteiger partial charge is 0.291 e. The van der Waals surface area contributed by atoms with Crippen LogP contribution in [0.2, 0.25) is 0 Å². The van der Waals surface area contributed by atoms with Crippen molar-refractivity contribution in [1.29, 1.82) is 0 Å². The number of aliphatic hydroxyl groups is 1. The topological polar surface area (TPSA) is 90.9 Å². The molecule has 0 radical (unpaired) electrons. The predicted octanol–water partition coefficient (Wildman–Crippen LogP) is 0.250. The lowest BCUT2D eigenvalue weighted by Gasteiger charge is -2.17. The summed E-state index contributed by atoms with van der Waals surface area (Å²) in [6, 6.07) is -0.244. The maximum absolute atomic E-state index is 11.6. The Labute approximate surface area is 94.5 Å². The Kier molecular flexibility index (Phi) is 4.42. The molecule has 0 spiro atoms. The third kappa shape index (κ3) is 3.62. The number of rotatable bonds is 5. The average molecular weight is 226 g/mol. The number of amides is 1. The van der Waals surface area contributed by atoms with E-state index in [0.29, 0.717) is 11.7 Å². The van der Waals surface area contributed by atoms with Crippen LogP contribution < -0.4 is 5.32 Å². The van der Waals surface area contributed by atoms with Crippen molar-refractivity contribution < 1.29 is 9.90 Å². The fourth-order valence-corrected chi connectivity index (χ4v) is 1.44. The van der Waals surface area contributed by atoms with E-state index in [2.05, 4.69) is 20.5 Å². The SMILES string of the molecule is Cc1nc(C(=O)NC(CO)CC(C)C)n[nH]1. The molecule has 1 aromatic heterocycles. The lowest BCUT2D eigenvalue weighted by molar-refractivity contribution is 0.0898. The number of hydrogen-bond donors (Lipinski definition) is 3. The Morgan fingerprint density at radius 1 is 1.56 bits per heavy atom. The van der Waals surface area contributed by atoms with Crippen LogP contribution in [-0.4, -0.2) is 38.8 Å². The van der Waals surface area contributed by atoms with E-state index in [-0.39, 0.29) is 24.4 Å². The van der Waals surface area contributed by atoms with Gasteiger partial charge < -0.3 is 10.4 Å². The van der Waals surface area contributed by atoms with Gasteiger partial charge in [-0.3, -0.25) is 9.89 Å². The van der Waals surface area contributed by atoms with Crippen LogP contribution >= 0.6 is 0 Å². The number of H-pyrrole nitrogens is 1. The lowest BCUT2D eigenvalue weighted by Crippen LogP contribution is -2.38. The standard InChI is InChI=1S/C10H18N4O2/c1-6(2)4-8(5-15)12-10(16)9-11-7(3)13-14-9/h6,8,15H,4-5H2,1-3H3,(H,12,16)(H,11,13,14). The largest absolute Gasteiger partial charge is 0.394 e. The maximum atomic E-state index is 11.6. The fourth-order valence-electron chi connectivity index (χ4n) is 1.44. The fraction of sp³-hybridized carbons (Fsp3) is 0.700. The number of aliphatic hydroxyl groups excluding tert-OH is 1. The Morgan fingerprint density at radius 2 is 2.25 bits per heavy atom. The predicted molar refractivity (Wildman–Crippen MR) is 58.9 cm³/mol. The zero-order valence-corrected chi connectivity index (χ0v) is 9.82. The van der Waals surface area contributed by atoms with E-state index < -0.39 is 0 Å². The second-order valence-corrected chi connectivity index (χ2v) is 4.23. The van der Waals surface area contributed by atoms with E-state index in [4.69, 9.17) is 5.11 Å². The highest BCUT2D eigenvalue weighted by atomic mass is 16.3. The van der Waals surface area contributed by atoms with Crippen molar-refractivity contribution >= 4 is 5.91 Å². The molecule has 0 fully saturated rings. The van der Waals surface area contributed by atoms with Crippen molar-refractivity contribution in [2.45, 2.75) is 33.2 Å². The van der Waals surface area contributed by atoms with E-state index >= 15 is 0 Å². The van der Waals surface area contributed by atoms with Crippen LogP contribution in [0.25, 0.3) is 0 Å². The van der Waals surface area contributed by atoms with E-state index in [1.54, 1.807) is 6.92 Å². The summed E-state index contributed by atoms with van der Waals surface area (Å²) in [4.78, 5) is 15.6. The van der Waals surface area contributed by atoms with Gasteiger partial charge in [0.2, 0.25) is 5.82 Å². The molecular formula is C10H18N4O2. The first-order chi connectivity index (χ1) is 7.52. The summed E-state index contributed by atoms with van der Waals surface area (Å²) in [7, 11) is 0. The molecule has 1 rings (SSSR count). The van der Waals surface area contributed by atoms with Gasteiger partial charge in [-0.05, 0) is 19.3 Å². The van der Waals surface area contributed by atoms with E-state index in [9.17, 15) is 4.79 Å². The van der Waals surface area contributed by atoms with Gasteiger partial charge in [-0.15, -0.1) is 5.10 Å². The van der Waals surface area contributed by atoms with E-state index in [0.717, 1.165) is 6.42 Å². The minimum atomic E-state index is -0.357. The highest BCUT2D eigenvalue weighted by Gasteiger charge is 2.17. The summed E-state index contributed by atoms with van der Waals surface area (Å²) in [5, 5.41) is 18.2. The monoisotopic (exact) mass is 226 g/mol. The van der Waals surface area contributed by atoms with Crippen molar-refractivity contribution in [2.24, 2.45) is 5.92 Å². The van der Waals surface area contributed by atoms with Gasteiger partial charge >= 0.3 is 0 Å². The third-order valence-corrected chi connectivity index (χ3v) is 2.11. The molecule has 1 unspecified atom stereocenters. The van der Waals surface area contributed by atoms with Crippen LogP contribution in [0.3, 0.4) is 0 Å². The van der Waals surface area contributed by atoms with Crippen molar-refractivity contribution in [3.05, 3.63) is 11.6 Å². The summed E-state index contributed by atoms with van der Waals surface area (Å²) < 4.78 is 0. The molecule has 0 aliphatic carbocycles. The summed E-state index contributed by atoms with van der Waals surface area (Å²) in [6.45, 7) is 5.71. The van der Waals surface area contributed by atoms with E-state index in [1.807, 2.05) is 13.8 Å². The molecule has 16 heavy (non-hydrogen) atoms. The number of carbonyl (C=O) groups is 1. The minimum absolute atomic E-state index is 0.0761. The van der Waals surface area contributed by atoms with Crippen LogP contribution in [0.4, 0.5) is 0 Å². The zero-order chi connectivity index (χ0) is 12.1. The Hall–Kier alpha value is -1.43. The molecule has 0 aromatic carbocycles. The summed E-state index contributed by atoms with van der Waals surface area (Å²) in [5.74, 6) is 0.754. The molecule has 90 valence electrons. The van der Waals surface area contributed by atoms with Crippen molar-refractivity contribution in [3.63, 3.8) is 0 Å². The van der Waals surface area contributed by atoms with Gasteiger partial charge in [-0.2, -0.15) is 0 Å². The van der Waals surface area contributed by atoms with Crippen molar-refractivity contribution in [1.82, 2.24) is 20.5 Å². The van der Waals surface area contributed by atoms with Gasteiger partial charge in [0.25, 0.3) is 5.91 Å². The molecule has 0 saturated carbocycles. The molecule has 0 saturated heterocycles.